The number of hydrogen-bond acceptors (Lipinski definition) is 4. The highest BCUT2D eigenvalue weighted by atomic mass is 32.1. The first-order valence-corrected chi connectivity index (χ1v) is 6.61. The molecule has 0 aliphatic rings. The molecule has 0 saturated carbocycles. The third kappa shape index (κ3) is 3.42. The molecule has 1 aromatic heterocycles. The van der Waals surface area contributed by atoms with Crippen LogP contribution in [-0.4, -0.2) is 18.7 Å². The maximum absolute atomic E-state index is 11.7. The summed E-state index contributed by atoms with van der Waals surface area (Å²) in [5.41, 5.74) is 4.22. The molecule has 2 rings (SSSR count). The van der Waals surface area contributed by atoms with Crippen LogP contribution in [0.2, 0.25) is 0 Å². The van der Waals surface area contributed by atoms with Crippen LogP contribution in [0.3, 0.4) is 0 Å². The Morgan fingerprint density at radius 2 is 2.00 bits per heavy atom. The van der Waals surface area contributed by atoms with Crippen molar-refractivity contribution in [3.05, 3.63) is 52.2 Å². The second-order valence-electron chi connectivity index (χ2n) is 3.84. The van der Waals surface area contributed by atoms with Crippen molar-refractivity contribution in [2.45, 2.75) is 6.92 Å². The van der Waals surface area contributed by atoms with Crippen LogP contribution in [0.1, 0.15) is 22.2 Å². The smallest absolute Gasteiger partial charge is 0.281 e. The van der Waals surface area contributed by atoms with Crippen molar-refractivity contribution >= 4 is 23.0 Å². The van der Waals surface area contributed by atoms with Crippen LogP contribution < -0.4 is 10.2 Å². The Morgan fingerprint density at radius 3 is 2.58 bits per heavy atom. The molecule has 0 fully saturated rings. The van der Waals surface area contributed by atoms with Gasteiger partial charge in [0.1, 0.15) is 5.75 Å². The number of nitrogens with one attached hydrogen (secondary N) is 1. The lowest BCUT2D eigenvalue weighted by Crippen LogP contribution is -2.18. The van der Waals surface area contributed by atoms with Crippen molar-refractivity contribution in [2.24, 2.45) is 5.10 Å². The molecule has 98 valence electrons. The Hall–Kier alpha value is -2.14. The second kappa shape index (κ2) is 6.15. The second-order valence-corrected chi connectivity index (χ2v) is 4.79. The minimum atomic E-state index is -0.192. The number of ether oxygens (including phenoxy) is 1. The highest BCUT2D eigenvalue weighted by molar-refractivity contribution is 7.12. The van der Waals surface area contributed by atoms with Gasteiger partial charge in [-0.15, -0.1) is 11.3 Å². The van der Waals surface area contributed by atoms with Gasteiger partial charge in [0.15, 0.2) is 0 Å². The standard InChI is InChI=1S/C14H14N2O2S/c1-10(11-5-7-12(18-2)8-6-11)15-16-14(17)13-4-3-9-19-13/h3-9H,1-2H3,(H,16,17)/b15-10-. The summed E-state index contributed by atoms with van der Waals surface area (Å²) in [5.74, 6) is 0.599. The summed E-state index contributed by atoms with van der Waals surface area (Å²) >= 11 is 1.39. The van der Waals surface area contributed by atoms with Gasteiger partial charge in [0.05, 0.1) is 17.7 Å². The molecule has 0 saturated heterocycles. The SMILES string of the molecule is COc1ccc(/C(C)=N\NC(=O)c2cccs2)cc1. The molecule has 1 heterocycles. The minimum Gasteiger partial charge on any atom is -0.497 e. The minimum absolute atomic E-state index is 0.192. The third-order valence-electron chi connectivity index (χ3n) is 2.58. The van der Waals surface area contributed by atoms with Crippen LogP contribution in [0.5, 0.6) is 5.75 Å². The molecule has 1 amide bonds. The van der Waals surface area contributed by atoms with Crippen LogP contribution in [0.15, 0.2) is 46.9 Å². The highest BCUT2D eigenvalue weighted by Crippen LogP contribution is 2.12. The van der Waals surface area contributed by atoms with E-state index in [9.17, 15) is 4.79 Å². The van der Waals surface area contributed by atoms with Crippen molar-refractivity contribution in [1.82, 2.24) is 5.43 Å². The van der Waals surface area contributed by atoms with Gasteiger partial charge in [-0.2, -0.15) is 5.10 Å². The molecule has 0 atom stereocenters. The van der Waals surface area contributed by atoms with Gasteiger partial charge in [0.25, 0.3) is 5.91 Å². The number of carbonyl (C=O) groups excluding carboxylic acids is 1. The van der Waals surface area contributed by atoms with Crippen molar-refractivity contribution in [3.63, 3.8) is 0 Å². The summed E-state index contributed by atoms with van der Waals surface area (Å²) in [4.78, 5) is 12.4. The largest absolute Gasteiger partial charge is 0.497 e. The van der Waals surface area contributed by atoms with Crippen LogP contribution in [-0.2, 0) is 0 Å². The van der Waals surface area contributed by atoms with Crippen molar-refractivity contribution in [2.75, 3.05) is 7.11 Å². The lowest BCUT2D eigenvalue weighted by Gasteiger charge is -2.03. The van der Waals surface area contributed by atoms with E-state index >= 15 is 0 Å². The van der Waals surface area contributed by atoms with E-state index in [4.69, 9.17) is 4.74 Å². The Bertz CT molecular complexity index is 574. The first-order chi connectivity index (χ1) is 9.20. The van der Waals surface area contributed by atoms with Gasteiger partial charge < -0.3 is 4.74 Å². The number of nitrogens with zero attached hydrogens (tertiary/aromatic N) is 1. The molecule has 1 aromatic carbocycles. The lowest BCUT2D eigenvalue weighted by atomic mass is 10.1. The molecule has 0 radical (unpaired) electrons. The molecule has 0 bridgehead atoms. The van der Waals surface area contributed by atoms with E-state index in [1.807, 2.05) is 42.6 Å². The number of hydrazone groups is 1. The van der Waals surface area contributed by atoms with Crippen molar-refractivity contribution < 1.29 is 9.53 Å². The summed E-state index contributed by atoms with van der Waals surface area (Å²) in [6.07, 6.45) is 0. The number of benzene rings is 1. The van der Waals surface area contributed by atoms with Gasteiger partial charge in [0, 0.05) is 0 Å². The van der Waals surface area contributed by atoms with E-state index in [1.54, 1.807) is 13.2 Å². The molecular formula is C14H14N2O2S. The zero-order chi connectivity index (χ0) is 13.7. The zero-order valence-electron chi connectivity index (χ0n) is 10.7. The van der Waals surface area contributed by atoms with E-state index in [-0.39, 0.29) is 5.91 Å². The van der Waals surface area contributed by atoms with E-state index in [2.05, 4.69) is 10.5 Å². The maximum Gasteiger partial charge on any atom is 0.281 e. The normalized spacial score (nSPS) is 11.2. The molecule has 5 heteroatoms. The van der Waals surface area contributed by atoms with E-state index in [1.165, 1.54) is 11.3 Å². The molecular weight excluding hydrogens is 260 g/mol. The Morgan fingerprint density at radius 1 is 1.26 bits per heavy atom. The molecule has 19 heavy (non-hydrogen) atoms. The molecule has 0 aliphatic carbocycles. The summed E-state index contributed by atoms with van der Waals surface area (Å²) in [5, 5.41) is 5.94. The van der Waals surface area contributed by atoms with E-state index in [0.717, 1.165) is 17.0 Å². The molecule has 4 nitrogen and oxygen atoms in total. The summed E-state index contributed by atoms with van der Waals surface area (Å²) < 4.78 is 5.09. The van der Waals surface area contributed by atoms with Crippen LogP contribution in [0, 0.1) is 0 Å². The fourth-order valence-electron chi connectivity index (χ4n) is 1.49. The van der Waals surface area contributed by atoms with E-state index < -0.39 is 0 Å². The highest BCUT2D eigenvalue weighted by Gasteiger charge is 2.05. The maximum atomic E-state index is 11.7. The quantitative estimate of drug-likeness (QED) is 0.688. The lowest BCUT2D eigenvalue weighted by molar-refractivity contribution is 0.0959. The van der Waals surface area contributed by atoms with Crippen LogP contribution >= 0.6 is 11.3 Å². The number of carbonyl (C=O) groups is 1. The van der Waals surface area contributed by atoms with Crippen molar-refractivity contribution in [3.8, 4) is 5.75 Å². The number of amides is 1. The summed E-state index contributed by atoms with van der Waals surface area (Å²) in [7, 11) is 1.62. The molecule has 0 aliphatic heterocycles. The van der Waals surface area contributed by atoms with Gasteiger partial charge in [-0.3, -0.25) is 4.79 Å². The van der Waals surface area contributed by atoms with Gasteiger partial charge in [-0.1, -0.05) is 6.07 Å². The third-order valence-corrected chi connectivity index (χ3v) is 3.45. The number of methoxy groups -OCH3 is 1. The van der Waals surface area contributed by atoms with Crippen molar-refractivity contribution in [1.29, 1.82) is 0 Å². The van der Waals surface area contributed by atoms with Gasteiger partial charge in [0.2, 0.25) is 0 Å². The summed E-state index contributed by atoms with van der Waals surface area (Å²) in [6.45, 7) is 1.84. The fraction of sp³-hybridized carbons (Fsp3) is 0.143. The first kappa shape index (κ1) is 13.3. The van der Waals surface area contributed by atoms with Gasteiger partial charge >= 0.3 is 0 Å². The molecule has 0 unspecified atom stereocenters. The monoisotopic (exact) mass is 274 g/mol. The van der Waals surface area contributed by atoms with Crippen LogP contribution in [0.4, 0.5) is 0 Å². The summed E-state index contributed by atoms with van der Waals surface area (Å²) in [6, 6.07) is 11.1. The Kier molecular flexibility index (Phi) is 4.30. The average Bonchev–Trinajstić information content (AvgIpc) is 2.98. The Balaban J connectivity index is 2.04. The van der Waals surface area contributed by atoms with E-state index in [0.29, 0.717) is 4.88 Å². The zero-order valence-corrected chi connectivity index (χ0v) is 11.5. The predicted molar refractivity (Wildman–Crippen MR) is 77.0 cm³/mol. The predicted octanol–water partition coefficient (Wildman–Crippen LogP) is 2.91. The first-order valence-electron chi connectivity index (χ1n) is 5.73. The molecule has 1 N–H and O–H groups in total. The average molecular weight is 274 g/mol. The molecule has 0 spiro atoms. The Labute approximate surface area is 115 Å². The van der Waals surface area contributed by atoms with Crippen LogP contribution in [0.25, 0.3) is 0 Å². The number of hydrogen-bond donors (Lipinski definition) is 1. The molecule has 2 aromatic rings. The van der Waals surface area contributed by atoms with Gasteiger partial charge in [-0.05, 0) is 48.2 Å². The van der Waals surface area contributed by atoms with Gasteiger partial charge in [-0.25, -0.2) is 5.43 Å². The number of thiophene rings is 1. The number of rotatable bonds is 4. The fourth-order valence-corrected chi connectivity index (χ4v) is 2.11. The topological polar surface area (TPSA) is 50.7 Å².